The van der Waals surface area contributed by atoms with Gasteiger partial charge in [0, 0.05) is 0 Å². The van der Waals surface area contributed by atoms with Crippen LogP contribution < -0.4 is 0 Å². The fourth-order valence-corrected chi connectivity index (χ4v) is 3.11. The van der Waals surface area contributed by atoms with Crippen molar-refractivity contribution in [3.63, 3.8) is 0 Å². The van der Waals surface area contributed by atoms with Crippen LogP contribution in [0.5, 0.6) is 0 Å². The lowest BCUT2D eigenvalue weighted by molar-refractivity contribution is 0.211. The van der Waals surface area contributed by atoms with E-state index in [1.165, 1.54) is 32.1 Å². The van der Waals surface area contributed by atoms with Crippen LogP contribution in [0, 0.1) is 0 Å². The first-order chi connectivity index (χ1) is 8.74. The minimum absolute atomic E-state index is 0.208. The molecule has 0 bridgehead atoms. The van der Waals surface area contributed by atoms with Crippen molar-refractivity contribution < 1.29 is 4.43 Å². The van der Waals surface area contributed by atoms with Gasteiger partial charge in [-0.2, -0.15) is 0 Å². The average Bonchev–Trinajstić information content (AvgIpc) is 2.27. The van der Waals surface area contributed by atoms with Gasteiger partial charge in [-0.1, -0.05) is 66.4 Å². The van der Waals surface area contributed by atoms with Gasteiger partial charge >= 0.3 is 0 Å². The van der Waals surface area contributed by atoms with Crippen LogP contribution in [0.15, 0.2) is 18.4 Å². The fourth-order valence-electron chi connectivity index (χ4n) is 1.81. The van der Waals surface area contributed by atoms with E-state index >= 15 is 0 Å². The summed E-state index contributed by atoms with van der Waals surface area (Å²) in [5.41, 5.74) is 2.92. The molecular weight excluding hydrogens is 248 g/mol. The first-order valence-electron chi connectivity index (χ1n) is 7.78. The molecule has 0 spiro atoms. The Morgan fingerprint density at radius 2 is 1.74 bits per heavy atom. The molecule has 0 aromatic rings. The van der Waals surface area contributed by atoms with Crippen LogP contribution in [0.1, 0.15) is 66.2 Å². The summed E-state index contributed by atoms with van der Waals surface area (Å²) in [4.78, 5) is 0. The summed E-state index contributed by atoms with van der Waals surface area (Å²) in [6, 6.07) is 0. The lowest BCUT2D eigenvalue weighted by Crippen LogP contribution is -2.43. The lowest BCUT2D eigenvalue weighted by Gasteiger charge is -2.38. The molecule has 0 aliphatic heterocycles. The zero-order valence-corrected chi connectivity index (χ0v) is 15.0. The maximum atomic E-state index is 6.43. The van der Waals surface area contributed by atoms with Crippen molar-refractivity contribution in [3.05, 3.63) is 18.4 Å². The maximum Gasteiger partial charge on any atom is 0.192 e. The molecule has 0 radical (unpaired) electrons. The molecule has 1 atom stereocenters. The topological polar surface area (TPSA) is 9.23 Å². The number of rotatable bonds is 9. The smallest absolute Gasteiger partial charge is 0.192 e. The second-order valence-electron chi connectivity index (χ2n) is 6.99. The van der Waals surface area contributed by atoms with Crippen LogP contribution >= 0.6 is 0 Å². The molecule has 0 N–H and O–H groups in total. The number of hydrogen-bond donors (Lipinski definition) is 0. The highest BCUT2D eigenvalue weighted by atomic mass is 28.4. The molecule has 0 aliphatic carbocycles. The molecule has 0 rings (SSSR count). The number of hydrogen-bond acceptors (Lipinski definition) is 1. The van der Waals surface area contributed by atoms with Gasteiger partial charge in [-0.05, 0) is 30.6 Å². The highest BCUT2D eigenvalue weighted by Gasteiger charge is 2.38. The van der Waals surface area contributed by atoms with Crippen LogP contribution in [0.25, 0.3) is 0 Å². The SMILES string of the molecule is C=C=CC(CCCCCCC)O[Si](C)(C)C(C)(C)C. The summed E-state index contributed by atoms with van der Waals surface area (Å²) >= 11 is 0. The standard InChI is InChI=1S/C17H34OSi/c1-8-10-11-12-13-15-16(14-9-2)18-19(6,7)17(3,4)5/h14,16H,2,8,10-13,15H2,1,3-7H3. The van der Waals surface area contributed by atoms with Gasteiger partial charge in [-0.3, -0.25) is 0 Å². The van der Waals surface area contributed by atoms with Gasteiger partial charge in [0.15, 0.2) is 8.32 Å². The largest absolute Gasteiger partial charge is 0.410 e. The zero-order chi connectivity index (χ0) is 14.9. The monoisotopic (exact) mass is 282 g/mol. The molecule has 112 valence electrons. The Kier molecular flexibility index (Phi) is 8.65. The van der Waals surface area contributed by atoms with Crippen LogP contribution in [0.3, 0.4) is 0 Å². The summed E-state index contributed by atoms with van der Waals surface area (Å²) in [7, 11) is -1.68. The van der Waals surface area contributed by atoms with Gasteiger partial charge in [-0.25, -0.2) is 0 Å². The quantitative estimate of drug-likeness (QED) is 0.283. The predicted octanol–water partition coefficient (Wildman–Crippen LogP) is 6.08. The molecule has 19 heavy (non-hydrogen) atoms. The molecular formula is C17H34OSi. The molecule has 0 saturated heterocycles. The summed E-state index contributed by atoms with van der Waals surface area (Å²) in [5, 5.41) is 0.266. The van der Waals surface area contributed by atoms with Crippen molar-refractivity contribution in [3.8, 4) is 0 Å². The predicted molar refractivity (Wildman–Crippen MR) is 89.2 cm³/mol. The van der Waals surface area contributed by atoms with Crippen LogP contribution in [-0.2, 0) is 4.43 Å². The summed E-state index contributed by atoms with van der Waals surface area (Å²) < 4.78 is 6.43. The first kappa shape index (κ1) is 18.7. The van der Waals surface area contributed by atoms with E-state index in [4.69, 9.17) is 4.43 Å². The van der Waals surface area contributed by atoms with Gasteiger partial charge in [0.1, 0.15) is 0 Å². The molecule has 0 heterocycles. The highest BCUT2D eigenvalue weighted by Crippen LogP contribution is 2.37. The molecule has 0 saturated carbocycles. The van der Waals surface area contributed by atoms with Crippen molar-refractivity contribution in [2.45, 2.75) is 90.5 Å². The van der Waals surface area contributed by atoms with Crippen LogP contribution in [0.4, 0.5) is 0 Å². The van der Waals surface area contributed by atoms with E-state index in [1.54, 1.807) is 0 Å². The Morgan fingerprint density at radius 3 is 2.21 bits per heavy atom. The van der Waals surface area contributed by atoms with Crippen LogP contribution in [0.2, 0.25) is 18.1 Å². The van der Waals surface area contributed by atoms with E-state index in [0.29, 0.717) is 0 Å². The Hall–Kier alpha value is -0.303. The van der Waals surface area contributed by atoms with E-state index < -0.39 is 8.32 Å². The van der Waals surface area contributed by atoms with Crippen molar-refractivity contribution in [1.82, 2.24) is 0 Å². The van der Waals surface area contributed by atoms with Crippen molar-refractivity contribution in [2.75, 3.05) is 0 Å². The highest BCUT2D eigenvalue weighted by molar-refractivity contribution is 6.74. The Labute approximate surface area is 122 Å². The van der Waals surface area contributed by atoms with Gasteiger partial charge in [0.05, 0.1) is 6.10 Å². The molecule has 2 heteroatoms. The Balaban J connectivity index is 4.30. The van der Waals surface area contributed by atoms with E-state index in [0.717, 1.165) is 6.42 Å². The summed E-state index contributed by atoms with van der Waals surface area (Å²) in [6.45, 7) is 17.4. The van der Waals surface area contributed by atoms with E-state index in [1.807, 2.05) is 6.08 Å². The van der Waals surface area contributed by atoms with Gasteiger partial charge in [0.2, 0.25) is 0 Å². The molecule has 0 amide bonds. The Bertz CT molecular complexity index is 282. The lowest BCUT2D eigenvalue weighted by atomic mass is 10.1. The second kappa shape index (κ2) is 8.79. The van der Waals surface area contributed by atoms with Crippen molar-refractivity contribution in [2.24, 2.45) is 0 Å². The molecule has 0 aliphatic rings. The Morgan fingerprint density at radius 1 is 1.16 bits per heavy atom. The molecule has 0 aromatic carbocycles. The third kappa shape index (κ3) is 7.76. The molecule has 0 aromatic heterocycles. The second-order valence-corrected chi connectivity index (χ2v) is 11.7. The van der Waals surface area contributed by atoms with Crippen LogP contribution in [-0.4, -0.2) is 14.4 Å². The van der Waals surface area contributed by atoms with E-state index in [-0.39, 0.29) is 11.1 Å². The van der Waals surface area contributed by atoms with Gasteiger partial charge < -0.3 is 4.43 Å². The molecule has 1 unspecified atom stereocenters. The fraction of sp³-hybridized carbons (Fsp3) is 0.824. The maximum absolute atomic E-state index is 6.43. The van der Waals surface area contributed by atoms with Gasteiger partial charge in [0.25, 0.3) is 0 Å². The van der Waals surface area contributed by atoms with Crippen molar-refractivity contribution in [1.29, 1.82) is 0 Å². The minimum Gasteiger partial charge on any atom is -0.410 e. The number of unbranched alkanes of at least 4 members (excludes halogenated alkanes) is 4. The third-order valence-corrected chi connectivity index (χ3v) is 8.65. The molecule has 0 fully saturated rings. The van der Waals surface area contributed by atoms with Gasteiger partial charge in [-0.15, -0.1) is 5.73 Å². The molecule has 1 nitrogen and oxygen atoms in total. The summed E-state index contributed by atoms with van der Waals surface area (Å²) in [6.07, 6.45) is 9.90. The normalized spacial score (nSPS) is 14.0. The summed E-state index contributed by atoms with van der Waals surface area (Å²) in [5.74, 6) is 0. The van der Waals surface area contributed by atoms with Crippen molar-refractivity contribution >= 4 is 8.32 Å². The zero-order valence-electron chi connectivity index (χ0n) is 14.0. The average molecular weight is 283 g/mol. The van der Waals surface area contributed by atoms with E-state index in [9.17, 15) is 0 Å². The minimum atomic E-state index is -1.68. The first-order valence-corrected chi connectivity index (χ1v) is 10.7. The third-order valence-electron chi connectivity index (χ3n) is 4.15. The van der Waals surface area contributed by atoms with E-state index in [2.05, 4.69) is 53.1 Å².